The molecule has 0 saturated carbocycles. The van der Waals surface area contributed by atoms with Crippen LogP contribution in [0, 0.1) is 6.92 Å². The molecule has 0 unspecified atom stereocenters. The molecule has 19 heavy (non-hydrogen) atoms. The van der Waals surface area contributed by atoms with E-state index in [-0.39, 0.29) is 5.91 Å². The molecule has 0 fully saturated rings. The van der Waals surface area contributed by atoms with Gasteiger partial charge in [0.1, 0.15) is 11.5 Å². The smallest absolute Gasteiger partial charge is 0.278 e. The number of carbonyl (C=O) groups excluding carboxylic acids is 1. The summed E-state index contributed by atoms with van der Waals surface area (Å²) < 4.78 is 0. The quantitative estimate of drug-likeness (QED) is 0.913. The molecule has 0 saturated heterocycles. The summed E-state index contributed by atoms with van der Waals surface area (Å²) in [4.78, 5) is 22.1. The molecule has 1 aromatic carbocycles. The molecule has 0 spiro atoms. The van der Waals surface area contributed by atoms with Crippen molar-refractivity contribution in [3.8, 4) is 0 Å². The molecule has 2 rings (SSSR count). The fraction of sp³-hybridized carbons (Fsp3) is 0.214. The molecule has 1 N–H and O–H groups in total. The molecule has 1 amide bonds. The Labute approximate surface area is 112 Å². The van der Waals surface area contributed by atoms with Gasteiger partial charge in [-0.05, 0) is 24.6 Å². The second kappa shape index (κ2) is 5.48. The fourth-order valence-corrected chi connectivity index (χ4v) is 1.72. The zero-order chi connectivity index (χ0) is 13.8. The molecule has 98 valence electrons. The van der Waals surface area contributed by atoms with E-state index in [2.05, 4.69) is 15.3 Å². The summed E-state index contributed by atoms with van der Waals surface area (Å²) in [6.07, 6.45) is 3.04. The molecule has 0 atom stereocenters. The number of aromatic nitrogens is 2. The van der Waals surface area contributed by atoms with E-state index in [1.807, 2.05) is 31.2 Å². The van der Waals surface area contributed by atoms with Gasteiger partial charge in [-0.2, -0.15) is 0 Å². The molecule has 1 aromatic heterocycles. The SMILES string of the molecule is CNc1cncc(C(=O)N(C)c2cccc(C)c2)n1. The van der Waals surface area contributed by atoms with E-state index < -0.39 is 0 Å². The van der Waals surface area contributed by atoms with Gasteiger partial charge in [-0.25, -0.2) is 4.98 Å². The number of carbonyl (C=O) groups is 1. The van der Waals surface area contributed by atoms with E-state index in [4.69, 9.17) is 0 Å². The lowest BCUT2D eigenvalue weighted by atomic mass is 10.2. The zero-order valence-electron chi connectivity index (χ0n) is 11.2. The van der Waals surface area contributed by atoms with E-state index in [0.29, 0.717) is 11.5 Å². The Morgan fingerprint density at radius 3 is 2.79 bits per heavy atom. The Kier molecular flexibility index (Phi) is 3.75. The lowest BCUT2D eigenvalue weighted by Crippen LogP contribution is -2.27. The third kappa shape index (κ3) is 2.88. The number of hydrogen-bond donors (Lipinski definition) is 1. The second-order valence-corrected chi connectivity index (χ2v) is 4.24. The van der Waals surface area contributed by atoms with Crippen molar-refractivity contribution in [3.05, 3.63) is 47.9 Å². The first-order valence-electron chi connectivity index (χ1n) is 5.96. The first-order chi connectivity index (χ1) is 9.11. The van der Waals surface area contributed by atoms with Gasteiger partial charge < -0.3 is 10.2 Å². The Bertz CT molecular complexity index is 598. The number of nitrogens with one attached hydrogen (secondary N) is 1. The highest BCUT2D eigenvalue weighted by molar-refractivity contribution is 6.04. The minimum atomic E-state index is -0.185. The van der Waals surface area contributed by atoms with Crippen LogP contribution in [-0.4, -0.2) is 30.0 Å². The summed E-state index contributed by atoms with van der Waals surface area (Å²) in [5.41, 5.74) is 2.25. The van der Waals surface area contributed by atoms with Crippen molar-refractivity contribution in [2.24, 2.45) is 0 Å². The van der Waals surface area contributed by atoms with Gasteiger partial charge in [0.05, 0.1) is 12.4 Å². The van der Waals surface area contributed by atoms with Gasteiger partial charge in [0.25, 0.3) is 5.91 Å². The van der Waals surface area contributed by atoms with Gasteiger partial charge in [0.2, 0.25) is 0 Å². The van der Waals surface area contributed by atoms with Crippen molar-refractivity contribution in [1.82, 2.24) is 9.97 Å². The first-order valence-corrected chi connectivity index (χ1v) is 5.96. The van der Waals surface area contributed by atoms with Crippen LogP contribution in [0.1, 0.15) is 16.1 Å². The molecule has 0 bridgehead atoms. The molecular weight excluding hydrogens is 240 g/mol. The minimum absolute atomic E-state index is 0.185. The van der Waals surface area contributed by atoms with Crippen LogP contribution in [0.25, 0.3) is 0 Å². The van der Waals surface area contributed by atoms with Crippen LogP contribution in [0.2, 0.25) is 0 Å². The van der Waals surface area contributed by atoms with Gasteiger partial charge in [0, 0.05) is 19.8 Å². The maximum Gasteiger partial charge on any atom is 0.278 e. The Morgan fingerprint density at radius 1 is 1.32 bits per heavy atom. The predicted octanol–water partition coefficient (Wildman–Crippen LogP) is 2.10. The number of nitrogens with zero attached hydrogens (tertiary/aromatic N) is 3. The summed E-state index contributed by atoms with van der Waals surface area (Å²) in [5.74, 6) is 0.388. The van der Waals surface area contributed by atoms with E-state index in [1.54, 1.807) is 25.2 Å². The van der Waals surface area contributed by atoms with Crippen molar-refractivity contribution in [2.75, 3.05) is 24.3 Å². The predicted molar refractivity (Wildman–Crippen MR) is 75.5 cm³/mol. The summed E-state index contributed by atoms with van der Waals surface area (Å²) in [7, 11) is 3.47. The van der Waals surface area contributed by atoms with Crippen LogP contribution in [-0.2, 0) is 0 Å². The molecular formula is C14H16N4O. The highest BCUT2D eigenvalue weighted by Crippen LogP contribution is 2.16. The Balaban J connectivity index is 2.28. The molecule has 1 heterocycles. The van der Waals surface area contributed by atoms with E-state index in [9.17, 15) is 4.79 Å². The molecule has 0 aliphatic carbocycles. The van der Waals surface area contributed by atoms with Crippen molar-refractivity contribution < 1.29 is 4.79 Å². The number of benzene rings is 1. The number of rotatable bonds is 3. The first kappa shape index (κ1) is 13.0. The summed E-state index contributed by atoms with van der Waals surface area (Å²) in [6.45, 7) is 1.99. The van der Waals surface area contributed by atoms with Crippen LogP contribution in [0.3, 0.4) is 0 Å². The normalized spacial score (nSPS) is 10.1. The highest BCUT2D eigenvalue weighted by Gasteiger charge is 2.15. The van der Waals surface area contributed by atoms with Gasteiger partial charge in [0.15, 0.2) is 0 Å². The third-order valence-electron chi connectivity index (χ3n) is 2.80. The average Bonchev–Trinajstić information content (AvgIpc) is 2.45. The molecule has 0 aliphatic rings. The molecule has 5 heteroatoms. The second-order valence-electron chi connectivity index (χ2n) is 4.24. The molecule has 2 aromatic rings. The van der Waals surface area contributed by atoms with Gasteiger partial charge in [-0.15, -0.1) is 0 Å². The Morgan fingerprint density at radius 2 is 2.11 bits per heavy atom. The van der Waals surface area contributed by atoms with Gasteiger partial charge in [-0.3, -0.25) is 9.78 Å². The highest BCUT2D eigenvalue weighted by atomic mass is 16.2. The number of hydrogen-bond acceptors (Lipinski definition) is 4. The van der Waals surface area contributed by atoms with E-state index in [1.165, 1.54) is 6.20 Å². The van der Waals surface area contributed by atoms with Crippen LogP contribution >= 0.6 is 0 Å². The van der Waals surface area contributed by atoms with E-state index >= 15 is 0 Å². The van der Waals surface area contributed by atoms with Crippen LogP contribution in [0.4, 0.5) is 11.5 Å². The molecule has 5 nitrogen and oxygen atoms in total. The largest absolute Gasteiger partial charge is 0.372 e. The van der Waals surface area contributed by atoms with Crippen molar-refractivity contribution in [1.29, 1.82) is 0 Å². The topological polar surface area (TPSA) is 58.1 Å². The number of aryl methyl sites for hydroxylation is 1. The van der Waals surface area contributed by atoms with Crippen molar-refractivity contribution in [3.63, 3.8) is 0 Å². The van der Waals surface area contributed by atoms with Crippen molar-refractivity contribution >= 4 is 17.4 Å². The standard InChI is InChI=1S/C14H16N4O/c1-10-5-4-6-11(7-10)18(3)14(19)12-8-16-9-13(15-2)17-12/h4-9H,1-3H3,(H,15,17). The minimum Gasteiger partial charge on any atom is -0.372 e. The monoisotopic (exact) mass is 256 g/mol. The van der Waals surface area contributed by atoms with Crippen LogP contribution in [0.5, 0.6) is 0 Å². The van der Waals surface area contributed by atoms with Crippen LogP contribution < -0.4 is 10.2 Å². The van der Waals surface area contributed by atoms with E-state index in [0.717, 1.165) is 11.3 Å². The number of anilines is 2. The lowest BCUT2D eigenvalue weighted by Gasteiger charge is -2.17. The zero-order valence-corrected chi connectivity index (χ0v) is 11.2. The maximum absolute atomic E-state index is 12.3. The van der Waals surface area contributed by atoms with Gasteiger partial charge in [-0.1, -0.05) is 12.1 Å². The fourth-order valence-electron chi connectivity index (χ4n) is 1.72. The summed E-state index contributed by atoms with van der Waals surface area (Å²) in [6, 6.07) is 7.75. The summed E-state index contributed by atoms with van der Waals surface area (Å²) >= 11 is 0. The maximum atomic E-state index is 12.3. The van der Waals surface area contributed by atoms with Crippen LogP contribution in [0.15, 0.2) is 36.7 Å². The summed E-state index contributed by atoms with van der Waals surface area (Å²) in [5, 5.41) is 2.87. The number of amides is 1. The third-order valence-corrected chi connectivity index (χ3v) is 2.80. The Hall–Kier alpha value is -2.43. The average molecular weight is 256 g/mol. The lowest BCUT2D eigenvalue weighted by molar-refractivity contribution is 0.0988. The van der Waals surface area contributed by atoms with Gasteiger partial charge >= 0.3 is 0 Å². The molecule has 0 aliphatic heterocycles. The van der Waals surface area contributed by atoms with Crippen molar-refractivity contribution in [2.45, 2.75) is 6.92 Å². The molecule has 0 radical (unpaired) electrons.